The number of hydrogen-bond acceptors (Lipinski definition) is 3. The Bertz CT molecular complexity index is 556. The molecule has 0 aromatic heterocycles. The molecule has 18 heavy (non-hydrogen) atoms. The van der Waals surface area contributed by atoms with Crippen molar-refractivity contribution in [2.45, 2.75) is 17.9 Å². The van der Waals surface area contributed by atoms with E-state index in [0.717, 1.165) is 9.87 Å². The molecule has 2 amide bonds. The molecule has 1 heterocycles. The van der Waals surface area contributed by atoms with E-state index in [1.807, 2.05) is 6.92 Å². The summed E-state index contributed by atoms with van der Waals surface area (Å²) in [6.45, 7) is 2.20. The molecule has 5 nitrogen and oxygen atoms in total. The van der Waals surface area contributed by atoms with Crippen LogP contribution in [0, 0.1) is 6.92 Å². The number of carbonyl (C=O) groups excluding carboxylic acids is 1. The standard InChI is InChI=1S/C11H13BrN2O3S/c1-8-2-4-10(5-3-8)18(16,17)14-9(6-12)7-13-11(14)15/h2-5,9H,6-7H2,1H3,(H,13,15)/t9-/m0/s1. The van der Waals surface area contributed by atoms with Crippen molar-refractivity contribution in [2.75, 3.05) is 11.9 Å². The van der Waals surface area contributed by atoms with Crippen LogP contribution in [0.5, 0.6) is 0 Å². The molecule has 1 N–H and O–H groups in total. The zero-order valence-electron chi connectivity index (χ0n) is 9.76. The molecule has 0 bridgehead atoms. The largest absolute Gasteiger partial charge is 0.335 e. The van der Waals surface area contributed by atoms with Gasteiger partial charge in [-0.15, -0.1) is 0 Å². The third kappa shape index (κ3) is 2.24. The van der Waals surface area contributed by atoms with Crippen molar-refractivity contribution in [3.63, 3.8) is 0 Å². The second-order valence-corrected chi connectivity index (χ2v) is 6.57. The summed E-state index contributed by atoms with van der Waals surface area (Å²) in [6, 6.07) is 5.50. The summed E-state index contributed by atoms with van der Waals surface area (Å²) in [6.07, 6.45) is 0. The molecule has 0 aliphatic carbocycles. The van der Waals surface area contributed by atoms with Crippen molar-refractivity contribution >= 4 is 32.0 Å². The van der Waals surface area contributed by atoms with Crippen LogP contribution in [0.2, 0.25) is 0 Å². The van der Waals surface area contributed by atoms with Gasteiger partial charge in [-0.1, -0.05) is 33.6 Å². The third-order valence-electron chi connectivity index (χ3n) is 2.78. The smallest absolute Gasteiger partial charge is 0.331 e. The molecule has 2 rings (SSSR count). The molecule has 1 fully saturated rings. The van der Waals surface area contributed by atoms with Crippen LogP contribution in [0.15, 0.2) is 29.2 Å². The van der Waals surface area contributed by atoms with Crippen LogP contribution in [-0.2, 0) is 10.0 Å². The van der Waals surface area contributed by atoms with Gasteiger partial charge in [0.05, 0.1) is 10.9 Å². The van der Waals surface area contributed by atoms with Gasteiger partial charge < -0.3 is 5.32 Å². The summed E-state index contributed by atoms with van der Waals surface area (Å²) in [5.74, 6) is 0. The maximum Gasteiger partial charge on any atom is 0.331 e. The van der Waals surface area contributed by atoms with Crippen LogP contribution >= 0.6 is 15.9 Å². The van der Waals surface area contributed by atoms with Gasteiger partial charge in [0.15, 0.2) is 0 Å². The van der Waals surface area contributed by atoms with Crippen LogP contribution in [0.3, 0.4) is 0 Å². The lowest BCUT2D eigenvalue weighted by Crippen LogP contribution is -2.40. The topological polar surface area (TPSA) is 66.5 Å². The lowest BCUT2D eigenvalue weighted by molar-refractivity contribution is 0.232. The molecule has 1 aromatic rings. The molecule has 1 atom stereocenters. The second-order valence-electron chi connectivity index (χ2n) is 4.11. The zero-order valence-corrected chi connectivity index (χ0v) is 12.2. The van der Waals surface area contributed by atoms with E-state index in [1.165, 1.54) is 12.1 Å². The quantitative estimate of drug-likeness (QED) is 0.852. The Morgan fingerprint density at radius 3 is 2.56 bits per heavy atom. The van der Waals surface area contributed by atoms with Crippen molar-refractivity contribution in [1.82, 2.24) is 9.62 Å². The van der Waals surface area contributed by atoms with Gasteiger partial charge in [0.1, 0.15) is 0 Å². The first-order chi connectivity index (χ1) is 8.46. The van der Waals surface area contributed by atoms with Gasteiger partial charge >= 0.3 is 6.03 Å². The number of alkyl halides is 1. The Morgan fingerprint density at radius 1 is 1.39 bits per heavy atom. The molecule has 1 aliphatic rings. The van der Waals surface area contributed by atoms with Crippen LogP contribution in [-0.4, -0.2) is 36.7 Å². The number of nitrogens with zero attached hydrogens (tertiary/aromatic N) is 1. The zero-order chi connectivity index (χ0) is 13.3. The molecule has 0 spiro atoms. The monoisotopic (exact) mass is 332 g/mol. The van der Waals surface area contributed by atoms with Crippen LogP contribution in [0.25, 0.3) is 0 Å². The molecule has 1 aliphatic heterocycles. The Kier molecular flexibility index (Phi) is 3.63. The first kappa shape index (κ1) is 13.4. The minimum atomic E-state index is -3.77. The molecule has 7 heteroatoms. The molecule has 0 saturated carbocycles. The number of sulfonamides is 1. The summed E-state index contributed by atoms with van der Waals surface area (Å²) >= 11 is 3.22. The molecule has 1 saturated heterocycles. The lowest BCUT2D eigenvalue weighted by Gasteiger charge is -2.21. The van der Waals surface area contributed by atoms with E-state index < -0.39 is 16.1 Å². The minimum Gasteiger partial charge on any atom is -0.335 e. The van der Waals surface area contributed by atoms with Crippen LogP contribution in [0.4, 0.5) is 4.79 Å². The first-order valence-electron chi connectivity index (χ1n) is 5.41. The molecular formula is C11H13BrN2O3S. The number of hydrogen-bond donors (Lipinski definition) is 1. The molecule has 0 radical (unpaired) electrons. The first-order valence-corrected chi connectivity index (χ1v) is 7.98. The van der Waals surface area contributed by atoms with E-state index >= 15 is 0 Å². The number of rotatable bonds is 3. The highest BCUT2D eigenvalue weighted by atomic mass is 79.9. The maximum atomic E-state index is 12.4. The Balaban J connectivity index is 2.41. The fourth-order valence-corrected chi connectivity index (χ4v) is 4.02. The predicted octanol–water partition coefficient (Wildman–Crippen LogP) is 1.47. The predicted molar refractivity (Wildman–Crippen MR) is 71.2 cm³/mol. The fraction of sp³-hybridized carbons (Fsp3) is 0.364. The Hall–Kier alpha value is -1.08. The van der Waals surface area contributed by atoms with E-state index in [1.54, 1.807) is 12.1 Å². The van der Waals surface area contributed by atoms with Crippen molar-refractivity contribution in [3.8, 4) is 0 Å². The maximum absolute atomic E-state index is 12.4. The van der Waals surface area contributed by atoms with Crippen molar-refractivity contribution in [1.29, 1.82) is 0 Å². The average Bonchev–Trinajstić information content (AvgIpc) is 2.71. The van der Waals surface area contributed by atoms with Crippen molar-refractivity contribution in [2.24, 2.45) is 0 Å². The van der Waals surface area contributed by atoms with Gasteiger partial charge in [-0.25, -0.2) is 17.5 Å². The van der Waals surface area contributed by atoms with Crippen LogP contribution < -0.4 is 5.32 Å². The normalized spacial score (nSPS) is 20.0. The van der Waals surface area contributed by atoms with Crippen LogP contribution in [0.1, 0.15) is 5.56 Å². The number of benzene rings is 1. The summed E-state index contributed by atoms with van der Waals surface area (Å²) in [5.41, 5.74) is 0.969. The van der Waals surface area contributed by atoms with Gasteiger partial charge in [-0.3, -0.25) is 0 Å². The number of urea groups is 1. The van der Waals surface area contributed by atoms with Gasteiger partial charge in [0, 0.05) is 11.9 Å². The second kappa shape index (κ2) is 4.89. The summed E-state index contributed by atoms with van der Waals surface area (Å²) in [4.78, 5) is 11.8. The highest BCUT2D eigenvalue weighted by Crippen LogP contribution is 2.22. The number of aryl methyl sites for hydroxylation is 1. The summed E-state index contributed by atoms with van der Waals surface area (Å²) in [5, 5.41) is 2.95. The SMILES string of the molecule is Cc1ccc(S(=O)(=O)N2C(=O)NC[C@@H]2CBr)cc1. The van der Waals surface area contributed by atoms with Crippen molar-refractivity contribution in [3.05, 3.63) is 29.8 Å². The lowest BCUT2D eigenvalue weighted by atomic mass is 10.2. The number of halogens is 1. The Labute approximate surface area is 114 Å². The highest BCUT2D eigenvalue weighted by Gasteiger charge is 2.39. The molecule has 0 unspecified atom stereocenters. The molecular weight excluding hydrogens is 320 g/mol. The number of nitrogens with one attached hydrogen (secondary N) is 1. The van der Waals surface area contributed by atoms with Gasteiger partial charge in [0.2, 0.25) is 0 Å². The average molecular weight is 333 g/mol. The molecule has 98 valence electrons. The molecule has 1 aromatic carbocycles. The number of amides is 2. The van der Waals surface area contributed by atoms with Gasteiger partial charge in [-0.05, 0) is 19.1 Å². The highest BCUT2D eigenvalue weighted by molar-refractivity contribution is 9.09. The van der Waals surface area contributed by atoms with E-state index in [0.29, 0.717) is 11.9 Å². The van der Waals surface area contributed by atoms with E-state index in [2.05, 4.69) is 21.2 Å². The van der Waals surface area contributed by atoms with Gasteiger partial charge in [0.25, 0.3) is 10.0 Å². The number of carbonyl (C=O) groups is 1. The minimum absolute atomic E-state index is 0.135. The summed E-state index contributed by atoms with van der Waals surface area (Å²) in [7, 11) is -3.77. The van der Waals surface area contributed by atoms with E-state index in [4.69, 9.17) is 0 Å². The van der Waals surface area contributed by atoms with E-state index in [-0.39, 0.29) is 10.9 Å². The fourth-order valence-electron chi connectivity index (χ4n) is 1.78. The van der Waals surface area contributed by atoms with Gasteiger partial charge in [-0.2, -0.15) is 0 Å². The Morgan fingerprint density at radius 2 is 2.00 bits per heavy atom. The van der Waals surface area contributed by atoms with Crippen molar-refractivity contribution < 1.29 is 13.2 Å². The summed E-state index contributed by atoms with van der Waals surface area (Å²) < 4.78 is 25.6. The van der Waals surface area contributed by atoms with E-state index in [9.17, 15) is 13.2 Å². The third-order valence-corrected chi connectivity index (χ3v) is 5.37.